The third kappa shape index (κ3) is 8.33. The maximum atomic E-state index is 12.2. The van der Waals surface area contributed by atoms with Crippen LogP contribution in [0.5, 0.6) is 0 Å². The second kappa shape index (κ2) is 16.5. The van der Waals surface area contributed by atoms with E-state index in [0.29, 0.717) is 5.71 Å². The van der Waals surface area contributed by atoms with Crippen LogP contribution in [0.1, 0.15) is 98.5 Å². The first-order valence-corrected chi connectivity index (χ1v) is 26.3. The van der Waals surface area contributed by atoms with E-state index in [4.69, 9.17) is 14.4 Å². The summed E-state index contributed by atoms with van der Waals surface area (Å²) in [6.07, 6.45) is 4.75. The summed E-state index contributed by atoms with van der Waals surface area (Å²) in [4.78, 5) is 27.1. The number of fused-ring (bicyclic) bond motifs is 6. The largest absolute Gasteiger partial charge is 0 e. The van der Waals surface area contributed by atoms with Gasteiger partial charge in [0, 0.05) is 37.0 Å². The molecule has 8 heteroatoms. The quantitative estimate of drug-likeness (QED) is 0.0484. The van der Waals surface area contributed by atoms with Crippen LogP contribution in [-0.2, 0) is 24.9 Å². The number of aromatic nitrogens is 3. The van der Waals surface area contributed by atoms with Gasteiger partial charge in [0.2, 0.25) is 0 Å². The Hall–Kier alpha value is -3.39. The number of aryl methyl sites for hydroxylation is 1. The molecule has 3 aromatic heterocycles. The number of ketones is 1. The minimum atomic E-state index is -2.18. The molecule has 53 heavy (non-hydrogen) atoms. The molecule has 3 heterocycles. The standard InChI is InChI=1S/C30H28GeN3O.C15H28O2.Ir/c1-17(2)29-33-26(23-11-8-10-20-21-15-13-18(3)32-30(21)35-28(20)23)22-16-14-19-9-7-12-24(31(4,5)6)25(19)27(22)34-29;1-7-14(5,8-2)12(16)11-13(17)15(6,9-3)10-4;/h7-10,12-17H,1-6H3;11,16H,7-10H2,1-6H3;/q-1;;/b;12-11-;. The number of furan rings is 1. The van der Waals surface area contributed by atoms with Gasteiger partial charge in [0.25, 0.3) is 0 Å². The molecule has 6 rings (SSSR count). The smallest absolute Gasteiger partial charge is 0 e. The van der Waals surface area contributed by atoms with E-state index in [1.807, 2.05) is 60.6 Å². The molecule has 0 spiro atoms. The Morgan fingerprint density at radius 3 is 2.11 bits per heavy atom. The molecule has 0 saturated heterocycles. The van der Waals surface area contributed by atoms with Gasteiger partial charge in [0.15, 0.2) is 5.78 Å². The Morgan fingerprint density at radius 1 is 0.868 bits per heavy atom. The van der Waals surface area contributed by atoms with Crippen LogP contribution in [0.2, 0.25) is 17.3 Å². The molecular weight excluding hydrogens is 895 g/mol. The number of hydrogen-bond donors (Lipinski definition) is 1. The molecule has 1 radical (unpaired) electrons. The van der Waals surface area contributed by atoms with Crippen molar-refractivity contribution >= 4 is 67.2 Å². The van der Waals surface area contributed by atoms with Gasteiger partial charge in [-0.2, -0.15) is 0 Å². The minimum absolute atomic E-state index is 0. The molecule has 0 fully saturated rings. The average Bonchev–Trinajstić information content (AvgIpc) is 3.50. The maximum Gasteiger partial charge on any atom is 0 e. The van der Waals surface area contributed by atoms with Crippen molar-refractivity contribution in [2.75, 3.05) is 0 Å². The number of carbonyl (C=O) groups excluding carboxylic acids is 1. The Balaban J connectivity index is 0.000000299. The van der Waals surface area contributed by atoms with Gasteiger partial charge in [-0.3, -0.25) is 4.79 Å². The second-order valence-electron chi connectivity index (χ2n) is 16.1. The molecular formula is C45H56GeIrN3O3-. The molecule has 6 nitrogen and oxygen atoms in total. The van der Waals surface area contributed by atoms with E-state index < -0.39 is 13.3 Å². The summed E-state index contributed by atoms with van der Waals surface area (Å²) in [5.74, 6) is 8.64. The third-order valence-corrected chi connectivity index (χ3v) is 15.6. The molecule has 0 bridgehead atoms. The number of aliphatic hydroxyl groups is 1. The first-order chi connectivity index (χ1) is 24.5. The van der Waals surface area contributed by atoms with Crippen molar-refractivity contribution in [1.29, 1.82) is 0 Å². The van der Waals surface area contributed by atoms with Crippen LogP contribution in [0, 0.1) is 23.8 Å². The second-order valence-corrected chi connectivity index (χ2v) is 26.7. The summed E-state index contributed by atoms with van der Waals surface area (Å²) in [7, 11) is 0. The predicted octanol–water partition coefficient (Wildman–Crippen LogP) is 12.2. The number of pyridine rings is 1. The van der Waals surface area contributed by atoms with Crippen LogP contribution >= 0.6 is 0 Å². The van der Waals surface area contributed by atoms with E-state index in [1.165, 1.54) is 21.2 Å². The van der Waals surface area contributed by atoms with Gasteiger partial charge >= 0.3 is 208 Å². The number of hydrogen-bond acceptors (Lipinski definition) is 6. The number of rotatable bonds is 10. The Bertz CT molecular complexity index is 2290. The van der Waals surface area contributed by atoms with Gasteiger partial charge in [-0.15, -0.1) is 0 Å². The fourth-order valence-corrected chi connectivity index (χ4v) is 10.0. The van der Waals surface area contributed by atoms with Crippen molar-refractivity contribution in [2.45, 2.75) is 111 Å². The van der Waals surface area contributed by atoms with E-state index in [0.717, 1.165) is 75.7 Å². The van der Waals surface area contributed by atoms with Crippen molar-refractivity contribution in [1.82, 2.24) is 15.0 Å². The molecule has 0 saturated carbocycles. The molecule has 3 aromatic carbocycles. The summed E-state index contributed by atoms with van der Waals surface area (Å²) in [6.45, 7) is 18.4. The zero-order valence-corrected chi connectivity index (χ0v) is 38.1. The van der Waals surface area contributed by atoms with Gasteiger partial charge in [-0.25, -0.2) is 0 Å². The zero-order valence-electron chi connectivity index (χ0n) is 33.6. The third-order valence-electron chi connectivity index (χ3n) is 11.3. The molecule has 0 aliphatic rings. The fourth-order valence-electron chi connectivity index (χ4n) is 6.63. The molecule has 283 valence electrons. The van der Waals surface area contributed by atoms with Crippen LogP contribution in [0.3, 0.4) is 0 Å². The van der Waals surface area contributed by atoms with Crippen molar-refractivity contribution in [3.05, 3.63) is 84.0 Å². The summed E-state index contributed by atoms with van der Waals surface area (Å²) in [5, 5.41) is 15.7. The van der Waals surface area contributed by atoms with Crippen molar-refractivity contribution in [3.63, 3.8) is 0 Å². The average molecular weight is 952 g/mol. The topological polar surface area (TPSA) is 89.1 Å². The first-order valence-electron chi connectivity index (χ1n) is 18.9. The van der Waals surface area contributed by atoms with E-state index in [1.54, 1.807) is 0 Å². The van der Waals surface area contributed by atoms with Crippen LogP contribution in [0.4, 0.5) is 0 Å². The first kappa shape index (κ1) is 42.4. The summed E-state index contributed by atoms with van der Waals surface area (Å²) < 4.78 is 7.81. The van der Waals surface area contributed by atoms with Crippen LogP contribution < -0.4 is 4.40 Å². The van der Waals surface area contributed by atoms with Crippen molar-refractivity contribution in [2.24, 2.45) is 10.8 Å². The van der Waals surface area contributed by atoms with Crippen LogP contribution in [-0.4, -0.2) is 39.1 Å². The molecule has 0 aliphatic heterocycles. The molecule has 1 N–H and O–H groups in total. The Kier molecular flexibility index (Phi) is 13.2. The van der Waals surface area contributed by atoms with Gasteiger partial charge in [0.1, 0.15) is 5.76 Å². The molecule has 0 aliphatic carbocycles. The maximum absolute atomic E-state index is 12.2. The van der Waals surface area contributed by atoms with Gasteiger partial charge in [-0.1, -0.05) is 41.5 Å². The van der Waals surface area contributed by atoms with Crippen molar-refractivity contribution in [3.8, 4) is 11.3 Å². The zero-order chi connectivity index (χ0) is 38.2. The summed E-state index contributed by atoms with van der Waals surface area (Å²) >= 11 is -2.18. The van der Waals surface area contributed by atoms with E-state index >= 15 is 0 Å². The SMILES string of the molecule is CCC(C)(CC)C(=O)/C=C(\O)C(C)(CC)CC.Cc1ccc2c(n1)oc1c(-c3nc(C(C)C)nc4c3ccc3ccc[c]([Ge]([CH3])([CH3])[CH3])c34)[c-]ccc12.[Ir]. The van der Waals surface area contributed by atoms with E-state index in [9.17, 15) is 9.90 Å². The molecule has 0 atom stereocenters. The number of aliphatic hydroxyl groups excluding tert-OH is 1. The Morgan fingerprint density at radius 2 is 1.51 bits per heavy atom. The number of benzene rings is 3. The normalized spacial score (nSPS) is 12.7. The molecule has 6 aromatic rings. The predicted molar refractivity (Wildman–Crippen MR) is 221 cm³/mol. The fraction of sp³-hybridized carbons (Fsp3) is 0.422. The molecule has 0 amide bonds. The van der Waals surface area contributed by atoms with Gasteiger partial charge in [-0.05, 0) is 25.7 Å². The van der Waals surface area contributed by atoms with Gasteiger partial charge in [0.05, 0.1) is 0 Å². The number of nitrogens with zero attached hydrogens (tertiary/aromatic N) is 3. The summed E-state index contributed by atoms with van der Waals surface area (Å²) in [6, 6.07) is 22.6. The molecule has 0 unspecified atom stereocenters. The van der Waals surface area contributed by atoms with E-state index in [-0.39, 0.29) is 48.4 Å². The number of allylic oxidation sites excluding steroid dienone is 2. The monoisotopic (exact) mass is 953 g/mol. The van der Waals surface area contributed by atoms with Gasteiger partial charge < -0.3 is 5.11 Å². The van der Waals surface area contributed by atoms with Crippen molar-refractivity contribution < 1.29 is 34.4 Å². The number of carbonyl (C=O) groups is 1. The minimum Gasteiger partial charge on any atom is 0 e. The van der Waals surface area contributed by atoms with E-state index in [2.05, 4.69) is 84.6 Å². The van der Waals surface area contributed by atoms with Crippen LogP contribution in [0.25, 0.3) is 55.0 Å². The Labute approximate surface area is 332 Å². The summed E-state index contributed by atoms with van der Waals surface area (Å²) in [5.41, 5.74) is 4.52. The van der Waals surface area contributed by atoms with Crippen LogP contribution in [0.15, 0.2) is 70.8 Å².